The Morgan fingerprint density at radius 3 is 2.42 bits per heavy atom. The van der Waals surface area contributed by atoms with Crippen LogP contribution in [0.2, 0.25) is 0 Å². The summed E-state index contributed by atoms with van der Waals surface area (Å²) in [5, 5.41) is 2.52. The van der Waals surface area contributed by atoms with Gasteiger partial charge in [-0.2, -0.15) is 0 Å². The highest BCUT2D eigenvalue weighted by atomic mass is 16.5. The molecule has 1 aliphatic rings. The predicted octanol–water partition coefficient (Wildman–Crippen LogP) is 4.81. The number of rotatable bonds is 8. The van der Waals surface area contributed by atoms with Gasteiger partial charge in [0.15, 0.2) is 0 Å². The van der Waals surface area contributed by atoms with E-state index in [0.29, 0.717) is 41.7 Å². The first kappa shape index (κ1) is 24.9. The number of fused-ring (bicyclic) bond motifs is 1. The zero-order valence-corrected chi connectivity index (χ0v) is 21.1. The number of carbonyl (C=O) groups is 3. The SMILES string of the molecule is CCOC(=O)c1ccc(N(CC2CC2)C(=O)c2ccc3ncc(-c4ccc(NC(=O)OC)nc4)n3c2)cc1. The van der Waals surface area contributed by atoms with Gasteiger partial charge >= 0.3 is 12.1 Å². The van der Waals surface area contributed by atoms with Crippen molar-refractivity contribution >= 4 is 35.1 Å². The lowest BCUT2D eigenvalue weighted by molar-refractivity contribution is 0.0526. The van der Waals surface area contributed by atoms with Crippen molar-refractivity contribution in [2.24, 2.45) is 5.92 Å². The number of esters is 1. The Bertz CT molecular complexity index is 1480. The number of nitrogens with one attached hydrogen (secondary N) is 1. The summed E-state index contributed by atoms with van der Waals surface area (Å²) in [7, 11) is 1.28. The monoisotopic (exact) mass is 513 g/mol. The first-order chi connectivity index (χ1) is 18.5. The van der Waals surface area contributed by atoms with Crippen LogP contribution in [0.5, 0.6) is 0 Å². The Morgan fingerprint density at radius 1 is 1.00 bits per heavy atom. The van der Waals surface area contributed by atoms with E-state index in [4.69, 9.17) is 4.74 Å². The maximum absolute atomic E-state index is 13.8. The molecule has 1 fully saturated rings. The highest BCUT2D eigenvalue weighted by Crippen LogP contribution is 2.32. The van der Waals surface area contributed by atoms with Gasteiger partial charge in [-0.05, 0) is 74.2 Å². The molecule has 1 saturated carbocycles. The summed E-state index contributed by atoms with van der Waals surface area (Å²) in [6.45, 7) is 2.67. The fraction of sp³-hybridized carbons (Fsp3) is 0.250. The summed E-state index contributed by atoms with van der Waals surface area (Å²) in [5.41, 5.74) is 3.87. The van der Waals surface area contributed by atoms with E-state index >= 15 is 0 Å². The van der Waals surface area contributed by atoms with Crippen molar-refractivity contribution in [3.8, 4) is 11.3 Å². The molecule has 0 aliphatic heterocycles. The number of benzene rings is 1. The second-order valence-electron chi connectivity index (χ2n) is 8.96. The van der Waals surface area contributed by atoms with E-state index in [9.17, 15) is 14.4 Å². The van der Waals surface area contributed by atoms with Crippen molar-refractivity contribution in [1.29, 1.82) is 0 Å². The first-order valence-corrected chi connectivity index (χ1v) is 12.3. The molecule has 0 bridgehead atoms. The molecule has 0 unspecified atom stereocenters. The van der Waals surface area contributed by atoms with Gasteiger partial charge in [-0.25, -0.2) is 19.6 Å². The van der Waals surface area contributed by atoms with E-state index in [1.165, 1.54) is 7.11 Å². The molecule has 0 spiro atoms. The number of hydrogen-bond acceptors (Lipinski definition) is 7. The van der Waals surface area contributed by atoms with Crippen molar-refractivity contribution < 1.29 is 23.9 Å². The number of pyridine rings is 2. The number of imidazole rings is 1. The van der Waals surface area contributed by atoms with Gasteiger partial charge in [-0.1, -0.05) is 0 Å². The third-order valence-corrected chi connectivity index (χ3v) is 6.30. The maximum atomic E-state index is 13.8. The van der Waals surface area contributed by atoms with Crippen LogP contribution in [0.25, 0.3) is 16.9 Å². The van der Waals surface area contributed by atoms with Gasteiger partial charge in [0.25, 0.3) is 5.91 Å². The number of carbonyl (C=O) groups excluding carboxylic acids is 3. The lowest BCUT2D eigenvalue weighted by atomic mass is 10.1. The van der Waals surface area contributed by atoms with Crippen molar-refractivity contribution in [2.75, 3.05) is 30.5 Å². The number of anilines is 2. The number of hydrogen-bond donors (Lipinski definition) is 1. The third kappa shape index (κ3) is 5.34. The molecule has 1 N–H and O–H groups in total. The number of methoxy groups -OCH3 is 1. The Balaban J connectivity index is 1.43. The Morgan fingerprint density at radius 2 is 1.76 bits per heavy atom. The number of aromatic nitrogens is 3. The molecule has 10 heteroatoms. The van der Waals surface area contributed by atoms with Gasteiger partial charge in [-0.15, -0.1) is 0 Å². The molecule has 38 heavy (non-hydrogen) atoms. The molecule has 0 atom stereocenters. The number of nitrogens with zero attached hydrogens (tertiary/aromatic N) is 4. The molecule has 0 radical (unpaired) electrons. The molecule has 1 aromatic carbocycles. The maximum Gasteiger partial charge on any atom is 0.412 e. The van der Waals surface area contributed by atoms with E-state index in [1.807, 2.05) is 4.40 Å². The topological polar surface area (TPSA) is 115 Å². The number of amides is 2. The highest BCUT2D eigenvalue weighted by molar-refractivity contribution is 6.06. The van der Waals surface area contributed by atoms with Gasteiger partial charge in [0.05, 0.1) is 36.7 Å². The molecule has 1 aliphatic carbocycles. The first-order valence-electron chi connectivity index (χ1n) is 12.3. The molecule has 0 saturated heterocycles. The fourth-order valence-electron chi connectivity index (χ4n) is 4.11. The van der Waals surface area contributed by atoms with Crippen LogP contribution in [0.3, 0.4) is 0 Å². The standard InChI is InChI=1S/C28H27N5O5/c1-3-38-27(35)19-6-10-22(11-7-19)32(16-18-4-5-18)26(34)21-9-13-25-30-15-23(33(25)17-21)20-8-12-24(29-14-20)31-28(36)37-2/h6-15,17-18H,3-5,16H2,1-2H3,(H,29,31,36). The average molecular weight is 514 g/mol. The predicted molar refractivity (Wildman–Crippen MR) is 141 cm³/mol. The van der Waals surface area contributed by atoms with Gasteiger partial charge in [0, 0.05) is 30.2 Å². The normalized spacial score (nSPS) is 12.7. The molecule has 4 aromatic rings. The van der Waals surface area contributed by atoms with Crippen LogP contribution in [0.15, 0.2) is 67.1 Å². The van der Waals surface area contributed by atoms with Crippen LogP contribution >= 0.6 is 0 Å². The molecular formula is C28H27N5O5. The molecule has 10 nitrogen and oxygen atoms in total. The van der Waals surface area contributed by atoms with Crippen LogP contribution in [0.4, 0.5) is 16.3 Å². The third-order valence-electron chi connectivity index (χ3n) is 6.30. The minimum atomic E-state index is -0.602. The lowest BCUT2D eigenvalue weighted by Gasteiger charge is -2.23. The molecule has 194 valence electrons. The molecular weight excluding hydrogens is 486 g/mol. The smallest absolute Gasteiger partial charge is 0.412 e. The van der Waals surface area contributed by atoms with Gasteiger partial charge < -0.3 is 14.4 Å². The fourth-order valence-corrected chi connectivity index (χ4v) is 4.11. The number of ether oxygens (including phenoxy) is 2. The minimum Gasteiger partial charge on any atom is -0.462 e. The van der Waals surface area contributed by atoms with Crippen LogP contribution in [0.1, 0.15) is 40.5 Å². The summed E-state index contributed by atoms with van der Waals surface area (Å²) < 4.78 is 11.5. The molecule has 2 amide bonds. The second-order valence-corrected chi connectivity index (χ2v) is 8.96. The van der Waals surface area contributed by atoms with E-state index in [0.717, 1.165) is 29.8 Å². The highest BCUT2D eigenvalue weighted by Gasteiger charge is 2.29. The Kier molecular flexibility index (Phi) is 7.03. The largest absolute Gasteiger partial charge is 0.462 e. The molecule has 3 heterocycles. The van der Waals surface area contributed by atoms with Gasteiger partial charge in [0.1, 0.15) is 11.5 Å². The van der Waals surface area contributed by atoms with Gasteiger partial charge in [0.2, 0.25) is 0 Å². The van der Waals surface area contributed by atoms with E-state index in [2.05, 4.69) is 20.0 Å². The Labute approximate surface area is 219 Å². The van der Waals surface area contributed by atoms with Crippen LogP contribution < -0.4 is 10.2 Å². The summed E-state index contributed by atoms with van der Waals surface area (Å²) >= 11 is 0. The Hall–Kier alpha value is -4.73. The summed E-state index contributed by atoms with van der Waals surface area (Å²) in [4.78, 5) is 47.7. The van der Waals surface area contributed by atoms with Crippen molar-refractivity contribution in [2.45, 2.75) is 19.8 Å². The van der Waals surface area contributed by atoms with E-state index in [1.54, 1.807) is 78.9 Å². The summed E-state index contributed by atoms with van der Waals surface area (Å²) in [6.07, 6.45) is 6.67. The van der Waals surface area contributed by atoms with E-state index in [-0.39, 0.29) is 11.9 Å². The average Bonchev–Trinajstić information content (AvgIpc) is 3.68. The quantitative estimate of drug-likeness (QED) is 0.336. The lowest BCUT2D eigenvalue weighted by Crippen LogP contribution is -2.33. The summed E-state index contributed by atoms with van der Waals surface area (Å²) in [6, 6.07) is 14.0. The van der Waals surface area contributed by atoms with Crippen molar-refractivity contribution in [3.05, 3.63) is 78.2 Å². The van der Waals surface area contributed by atoms with Crippen LogP contribution in [-0.4, -0.2) is 52.6 Å². The second kappa shape index (κ2) is 10.7. The molecule has 3 aromatic heterocycles. The molecule has 5 rings (SSSR count). The van der Waals surface area contributed by atoms with Gasteiger partial charge in [-0.3, -0.25) is 14.5 Å². The van der Waals surface area contributed by atoms with Crippen molar-refractivity contribution in [3.63, 3.8) is 0 Å². The zero-order chi connectivity index (χ0) is 26.6. The zero-order valence-electron chi connectivity index (χ0n) is 21.1. The van der Waals surface area contributed by atoms with Crippen LogP contribution in [0, 0.1) is 5.92 Å². The van der Waals surface area contributed by atoms with E-state index < -0.39 is 6.09 Å². The minimum absolute atomic E-state index is 0.141. The summed E-state index contributed by atoms with van der Waals surface area (Å²) in [5.74, 6) is 0.285. The van der Waals surface area contributed by atoms with Crippen molar-refractivity contribution in [1.82, 2.24) is 14.4 Å². The van der Waals surface area contributed by atoms with Crippen LogP contribution in [-0.2, 0) is 9.47 Å².